The van der Waals surface area contributed by atoms with Crippen LogP contribution in [0.15, 0.2) is 29.3 Å². The van der Waals surface area contributed by atoms with Gasteiger partial charge >= 0.3 is 0 Å². The molecule has 0 bridgehead atoms. The molecular weight excluding hydrogens is 328 g/mol. The van der Waals surface area contributed by atoms with Crippen molar-refractivity contribution < 1.29 is 9.53 Å². The number of likely N-dealkylation sites (tertiary alicyclic amines) is 1. The van der Waals surface area contributed by atoms with E-state index in [9.17, 15) is 4.79 Å². The second-order valence-corrected chi connectivity index (χ2v) is 7.54. The van der Waals surface area contributed by atoms with Crippen LogP contribution in [0.3, 0.4) is 0 Å². The highest BCUT2D eigenvalue weighted by molar-refractivity contribution is 5.93. The van der Waals surface area contributed by atoms with Crippen molar-refractivity contribution in [1.82, 2.24) is 15.1 Å². The molecule has 26 heavy (non-hydrogen) atoms. The first-order chi connectivity index (χ1) is 12.5. The summed E-state index contributed by atoms with van der Waals surface area (Å²) in [5.74, 6) is 0.999. The number of nitrogens with zero attached hydrogens (tertiary/aromatic N) is 3. The molecule has 0 radical (unpaired) electrons. The third-order valence-corrected chi connectivity index (χ3v) is 5.28. The lowest BCUT2D eigenvalue weighted by atomic mass is 9.87. The Bertz CT molecular complexity index is 648. The zero-order chi connectivity index (χ0) is 18.6. The smallest absolute Gasteiger partial charge is 0.253 e. The van der Waals surface area contributed by atoms with E-state index in [1.54, 1.807) is 19.0 Å². The fourth-order valence-corrected chi connectivity index (χ4v) is 3.69. The standard InChI is InChI=1S/C20H30N4O2/c1-4-21-19(24-11-9-20(14-24)10-12-26-15-20)22-13-16-5-7-17(8-6-16)18(25)23(2)3/h5-8H,4,9-15H2,1-3H3,(H,21,22). The Hall–Kier alpha value is -2.08. The maximum Gasteiger partial charge on any atom is 0.253 e. The highest BCUT2D eigenvalue weighted by atomic mass is 16.5. The van der Waals surface area contributed by atoms with Gasteiger partial charge in [0.05, 0.1) is 13.2 Å². The van der Waals surface area contributed by atoms with Gasteiger partial charge in [-0.25, -0.2) is 4.99 Å². The number of rotatable bonds is 4. The van der Waals surface area contributed by atoms with Crippen molar-refractivity contribution in [2.45, 2.75) is 26.3 Å². The van der Waals surface area contributed by atoms with Crippen LogP contribution in [0.1, 0.15) is 35.7 Å². The summed E-state index contributed by atoms with van der Waals surface area (Å²) >= 11 is 0. The van der Waals surface area contributed by atoms with Crippen LogP contribution in [0.5, 0.6) is 0 Å². The van der Waals surface area contributed by atoms with Crippen LogP contribution in [-0.2, 0) is 11.3 Å². The zero-order valence-corrected chi connectivity index (χ0v) is 16.1. The molecular formula is C20H30N4O2. The van der Waals surface area contributed by atoms with Gasteiger partial charge in [0.2, 0.25) is 0 Å². The minimum atomic E-state index is 0.0227. The second kappa shape index (κ2) is 8.08. The molecule has 2 fully saturated rings. The number of nitrogens with one attached hydrogen (secondary N) is 1. The van der Waals surface area contributed by atoms with Gasteiger partial charge in [-0.1, -0.05) is 12.1 Å². The Morgan fingerprint density at radius 2 is 2.08 bits per heavy atom. The van der Waals surface area contributed by atoms with Crippen LogP contribution in [0.4, 0.5) is 0 Å². The number of hydrogen-bond acceptors (Lipinski definition) is 3. The summed E-state index contributed by atoms with van der Waals surface area (Å²) in [7, 11) is 3.53. The molecule has 2 saturated heterocycles. The van der Waals surface area contributed by atoms with Crippen molar-refractivity contribution in [3.05, 3.63) is 35.4 Å². The predicted molar refractivity (Wildman–Crippen MR) is 103 cm³/mol. The van der Waals surface area contributed by atoms with E-state index in [0.717, 1.165) is 50.8 Å². The van der Waals surface area contributed by atoms with E-state index in [4.69, 9.17) is 9.73 Å². The summed E-state index contributed by atoms with van der Waals surface area (Å²) < 4.78 is 5.63. The highest BCUT2D eigenvalue weighted by Gasteiger charge is 2.42. The third kappa shape index (κ3) is 4.18. The summed E-state index contributed by atoms with van der Waals surface area (Å²) in [6, 6.07) is 7.72. The topological polar surface area (TPSA) is 57.2 Å². The van der Waals surface area contributed by atoms with Crippen LogP contribution in [0.2, 0.25) is 0 Å². The van der Waals surface area contributed by atoms with E-state index in [2.05, 4.69) is 17.1 Å². The van der Waals surface area contributed by atoms with Gasteiger partial charge in [0.15, 0.2) is 5.96 Å². The first kappa shape index (κ1) is 18.7. The van der Waals surface area contributed by atoms with Crippen molar-refractivity contribution >= 4 is 11.9 Å². The van der Waals surface area contributed by atoms with Gasteiger partial charge < -0.3 is 19.9 Å². The SMILES string of the molecule is CCNC(=NCc1ccc(C(=O)N(C)C)cc1)N1CCC2(CCOC2)C1. The van der Waals surface area contributed by atoms with Crippen LogP contribution < -0.4 is 5.32 Å². The number of carbonyl (C=O) groups excluding carboxylic acids is 1. The van der Waals surface area contributed by atoms with E-state index in [-0.39, 0.29) is 5.91 Å². The van der Waals surface area contributed by atoms with E-state index in [0.29, 0.717) is 17.5 Å². The van der Waals surface area contributed by atoms with Gasteiger partial charge in [0.1, 0.15) is 0 Å². The van der Waals surface area contributed by atoms with E-state index < -0.39 is 0 Å². The molecule has 2 aliphatic heterocycles. The molecule has 1 N–H and O–H groups in total. The van der Waals surface area contributed by atoms with Crippen LogP contribution >= 0.6 is 0 Å². The van der Waals surface area contributed by atoms with Crippen molar-refractivity contribution in [3.8, 4) is 0 Å². The largest absolute Gasteiger partial charge is 0.381 e. The zero-order valence-electron chi connectivity index (χ0n) is 16.1. The van der Waals surface area contributed by atoms with Gasteiger partial charge in [0, 0.05) is 51.3 Å². The average Bonchev–Trinajstić information content (AvgIpc) is 3.28. The summed E-state index contributed by atoms with van der Waals surface area (Å²) in [4.78, 5) is 20.8. The number of benzene rings is 1. The molecule has 6 nitrogen and oxygen atoms in total. The van der Waals surface area contributed by atoms with Gasteiger partial charge in [-0.3, -0.25) is 4.79 Å². The molecule has 3 rings (SSSR count). The minimum Gasteiger partial charge on any atom is -0.381 e. The number of hydrogen-bond donors (Lipinski definition) is 1. The molecule has 1 unspecified atom stereocenters. The summed E-state index contributed by atoms with van der Waals surface area (Å²) in [5.41, 5.74) is 2.14. The molecule has 0 saturated carbocycles. The molecule has 142 valence electrons. The molecule has 1 aromatic rings. The lowest BCUT2D eigenvalue weighted by molar-refractivity contribution is 0.0827. The monoisotopic (exact) mass is 358 g/mol. The molecule has 6 heteroatoms. The number of carbonyl (C=O) groups is 1. The fourth-order valence-electron chi connectivity index (χ4n) is 3.69. The Kier molecular flexibility index (Phi) is 5.81. The third-order valence-electron chi connectivity index (χ3n) is 5.28. The van der Waals surface area contributed by atoms with Crippen molar-refractivity contribution in [3.63, 3.8) is 0 Å². The number of ether oxygens (including phenoxy) is 1. The van der Waals surface area contributed by atoms with Crippen LogP contribution in [0.25, 0.3) is 0 Å². The predicted octanol–water partition coefficient (Wildman–Crippen LogP) is 1.97. The lowest BCUT2D eigenvalue weighted by Gasteiger charge is -2.25. The normalized spacial score (nSPS) is 22.9. The summed E-state index contributed by atoms with van der Waals surface area (Å²) in [6.45, 7) is 7.39. The lowest BCUT2D eigenvalue weighted by Crippen LogP contribution is -2.41. The molecule has 2 heterocycles. The molecule has 1 atom stereocenters. The van der Waals surface area contributed by atoms with E-state index in [1.165, 1.54) is 6.42 Å². The maximum absolute atomic E-state index is 12.0. The van der Waals surface area contributed by atoms with Gasteiger partial charge in [-0.2, -0.15) is 0 Å². The molecule has 0 aliphatic carbocycles. The number of aliphatic imine (C=N–C) groups is 1. The first-order valence-electron chi connectivity index (χ1n) is 9.45. The van der Waals surface area contributed by atoms with Crippen molar-refractivity contribution in [1.29, 1.82) is 0 Å². The van der Waals surface area contributed by atoms with Gasteiger partial charge in [-0.15, -0.1) is 0 Å². The van der Waals surface area contributed by atoms with Gasteiger partial charge in [-0.05, 0) is 37.5 Å². The Balaban J connectivity index is 1.65. The Morgan fingerprint density at radius 3 is 2.69 bits per heavy atom. The fraction of sp³-hybridized carbons (Fsp3) is 0.600. The number of amides is 1. The van der Waals surface area contributed by atoms with Crippen molar-refractivity contribution in [2.75, 3.05) is 46.9 Å². The highest BCUT2D eigenvalue weighted by Crippen LogP contribution is 2.38. The molecule has 1 spiro atoms. The molecule has 1 amide bonds. The van der Waals surface area contributed by atoms with Crippen LogP contribution in [0, 0.1) is 5.41 Å². The van der Waals surface area contributed by atoms with Crippen molar-refractivity contribution in [2.24, 2.45) is 10.4 Å². The van der Waals surface area contributed by atoms with E-state index >= 15 is 0 Å². The second-order valence-electron chi connectivity index (χ2n) is 7.54. The van der Waals surface area contributed by atoms with Gasteiger partial charge in [0.25, 0.3) is 5.91 Å². The molecule has 1 aromatic carbocycles. The van der Waals surface area contributed by atoms with Crippen LogP contribution in [-0.4, -0.2) is 68.6 Å². The average molecular weight is 358 g/mol. The Morgan fingerprint density at radius 1 is 1.31 bits per heavy atom. The first-order valence-corrected chi connectivity index (χ1v) is 9.45. The maximum atomic E-state index is 12.0. The number of guanidine groups is 1. The minimum absolute atomic E-state index is 0.0227. The van der Waals surface area contributed by atoms with E-state index in [1.807, 2.05) is 24.3 Å². The summed E-state index contributed by atoms with van der Waals surface area (Å²) in [6.07, 6.45) is 2.34. The molecule has 0 aromatic heterocycles. The summed E-state index contributed by atoms with van der Waals surface area (Å²) in [5, 5.41) is 3.42. The Labute approximate surface area is 156 Å². The molecule has 2 aliphatic rings. The quantitative estimate of drug-likeness (QED) is 0.660.